The van der Waals surface area contributed by atoms with Crippen molar-refractivity contribution in [3.8, 4) is 0 Å². The molecule has 80 valence electrons. The quantitative estimate of drug-likeness (QED) is 0.672. The highest BCUT2D eigenvalue weighted by Crippen LogP contribution is 2.01. The molecule has 0 saturated heterocycles. The van der Waals surface area contributed by atoms with E-state index in [4.69, 9.17) is 0 Å². The molecule has 14 heavy (non-hydrogen) atoms. The third-order valence-electron chi connectivity index (χ3n) is 2.36. The minimum Gasteiger partial charge on any atom is -0.369 e. The molecule has 0 bridgehead atoms. The lowest BCUT2D eigenvalue weighted by Gasteiger charge is -2.12. The largest absolute Gasteiger partial charge is 0.369 e. The molecular formula is C10H20N4. The number of aromatic nitrogens is 2. The molecule has 0 aliphatic heterocycles. The molecule has 1 heterocycles. The first-order valence-electron chi connectivity index (χ1n) is 5.19. The van der Waals surface area contributed by atoms with Gasteiger partial charge in [-0.05, 0) is 13.3 Å². The summed E-state index contributed by atoms with van der Waals surface area (Å²) in [4.78, 5) is 0. The fraction of sp³-hybridized carbons (Fsp3) is 0.700. The Morgan fingerprint density at radius 2 is 2.29 bits per heavy atom. The summed E-state index contributed by atoms with van der Waals surface area (Å²) in [6, 6.07) is 2.58. The van der Waals surface area contributed by atoms with Gasteiger partial charge in [-0.1, -0.05) is 6.92 Å². The molecule has 0 aromatic carbocycles. The van der Waals surface area contributed by atoms with Crippen molar-refractivity contribution in [1.82, 2.24) is 15.1 Å². The Balaban J connectivity index is 2.13. The van der Waals surface area contributed by atoms with Crippen molar-refractivity contribution < 1.29 is 0 Å². The standard InChI is InChI=1S/C10H20N4/c1-4-9(2)11-7-8-12-10-5-6-13-14(10)3/h5-6,9,11-12H,4,7-8H2,1-3H3. The molecule has 4 nitrogen and oxygen atoms in total. The Morgan fingerprint density at radius 1 is 1.50 bits per heavy atom. The molecule has 0 saturated carbocycles. The van der Waals surface area contributed by atoms with Crippen molar-refractivity contribution in [3.63, 3.8) is 0 Å². The van der Waals surface area contributed by atoms with Crippen LogP contribution in [0.5, 0.6) is 0 Å². The first-order valence-corrected chi connectivity index (χ1v) is 5.19. The van der Waals surface area contributed by atoms with Gasteiger partial charge in [-0.2, -0.15) is 5.10 Å². The van der Waals surface area contributed by atoms with Crippen LogP contribution in [-0.2, 0) is 7.05 Å². The maximum absolute atomic E-state index is 4.08. The molecule has 0 radical (unpaired) electrons. The lowest BCUT2D eigenvalue weighted by Crippen LogP contribution is -2.30. The van der Waals surface area contributed by atoms with Gasteiger partial charge in [-0.15, -0.1) is 0 Å². The second kappa shape index (κ2) is 5.65. The minimum absolute atomic E-state index is 0.600. The summed E-state index contributed by atoms with van der Waals surface area (Å²) in [6.07, 6.45) is 2.97. The zero-order valence-electron chi connectivity index (χ0n) is 9.25. The van der Waals surface area contributed by atoms with Gasteiger partial charge in [0.05, 0.1) is 6.20 Å². The predicted molar refractivity (Wildman–Crippen MR) is 59.5 cm³/mol. The predicted octanol–water partition coefficient (Wildman–Crippen LogP) is 1.22. The molecule has 0 fully saturated rings. The number of nitrogens with zero attached hydrogens (tertiary/aromatic N) is 2. The van der Waals surface area contributed by atoms with E-state index in [1.54, 1.807) is 6.20 Å². The van der Waals surface area contributed by atoms with Gasteiger partial charge in [-0.3, -0.25) is 4.68 Å². The van der Waals surface area contributed by atoms with Crippen molar-refractivity contribution in [2.45, 2.75) is 26.3 Å². The van der Waals surface area contributed by atoms with Crippen LogP contribution in [0.3, 0.4) is 0 Å². The lowest BCUT2D eigenvalue weighted by molar-refractivity contribution is 0.545. The van der Waals surface area contributed by atoms with Crippen molar-refractivity contribution in [1.29, 1.82) is 0 Å². The Labute approximate surface area is 85.7 Å². The molecule has 0 spiro atoms. The highest BCUT2D eigenvalue weighted by Gasteiger charge is 1.98. The fourth-order valence-corrected chi connectivity index (χ4v) is 1.20. The topological polar surface area (TPSA) is 41.9 Å². The van der Waals surface area contributed by atoms with Crippen molar-refractivity contribution in [2.24, 2.45) is 7.05 Å². The van der Waals surface area contributed by atoms with Crippen molar-refractivity contribution in [3.05, 3.63) is 12.3 Å². The van der Waals surface area contributed by atoms with E-state index in [9.17, 15) is 0 Å². The summed E-state index contributed by atoms with van der Waals surface area (Å²) in [7, 11) is 1.93. The third kappa shape index (κ3) is 3.38. The van der Waals surface area contributed by atoms with E-state index < -0.39 is 0 Å². The van der Waals surface area contributed by atoms with E-state index in [-0.39, 0.29) is 0 Å². The van der Waals surface area contributed by atoms with Crippen LogP contribution >= 0.6 is 0 Å². The molecule has 1 aromatic rings. The normalized spacial score (nSPS) is 12.8. The van der Waals surface area contributed by atoms with Gasteiger partial charge in [0, 0.05) is 32.2 Å². The second-order valence-electron chi connectivity index (χ2n) is 3.53. The van der Waals surface area contributed by atoms with Gasteiger partial charge in [0.15, 0.2) is 0 Å². The molecule has 4 heteroatoms. The van der Waals surface area contributed by atoms with E-state index in [1.807, 2.05) is 17.8 Å². The van der Waals surface area contributed by atoms with E-state index in [0.29, 0.717) is 6.04 Å². The van der Waals surface area contributed by atoms with Crippen molar-refractivity contribution >= 4 is 5.82 Å². The van der Waals surface area contributed by atoms with E-state index in [1.165, 1.54) is 6.42 Å². The number of aryl methyl sites for hydroxylation is 1. The second-order valence-corrected chi connectivity index (χ2v) is 3.53. The van der Waals surface area contributed by atoms with Crippen LogP contribution in [0.25, 0.3) is 0 Å². The molecule has 0 amide bonds. The van der Waals surface area contributed by atoms with Gasteiger partial charge in [-0.25, -0.2) is 0 Å². The zero-order chi connectivity index (χ0) is 10.4. The van der Waals surface area contributed by atoms with Gasteiger partial charge in [0.1, 0.15) is 5.82 Å². The first-order chi connectivity index (χ1) is 6.74. The van der Waals surface area contributed by atoms with Gasteiger partial charge >= 0.3 is 0 Å². The summed E-state index contributed by atoms with van der Waals surface area (Å²) < 4.78 is 1.84. The maximum Gasteiger partial charge on any atom is 0.123 e. The number of hydrogen-bond donors (Lipinski definition) is 2. The van der Waals surface area contributed by atoms with E-state index in [0.717, 1.165) is 18.9 Å². The maximum atomic E-state index is 4.08. The summed E-state index contributed by atoms with van der Waals surface area (Å²) in [5, 5.41) is 10.8. The van der Waals surface area contributed by atoms with Crippen LogP contribution in [0.2, 0.25) is 0 Å². The zero-order valence-corrected chi connectivity index (χ0v) is 9.25. The van der Waals surface area contributed by atoms with E-state index >= 15 is 0 Å². The van der Waals surface area contributed by atoms with Crippen LogP contribution in [-0.4, -0.2) is 28.9 Å². The number of hydrogen-bond acceptors (Lipinski definition) is 3. The fourth-order valence-electron chi connectivity index (χ4n) is 1.20. The highest BCUT2D eigenvalue weighted by molar-refractivity contribution is 5.33. The Kier molecular flexibility index (Phi) is 4.46. The van der Waals surface area contributed by atoms with Crippen LogP contribution in [0, 0.1) is 0 Å². The Bertz CT molecular complexity index is 256. The summed E-state index contributed by atoms with van der Waals surface area (Å²) in [5.41, 5.74) is 0. The average molecular weight is 196 g/mol. The van der Waals surface area contributed by atoms with Crippen LogP contribution in [0.1, 0.15) is 20.3 Å². The monoisotopic (exact) mass is 196 g/mol. The first kappa shape index (κ1) is 11.0. The molecule has 0 aliphatic carbocycles. The third-order valence-corrected chi connectivity index (χ3v) is 2.36. The smallest absolute Gasteiger partial charge is 0.123 e. The molecule has 1 unspecified atom stereocenters. The molecule has 0 aliphatic rings. The van der Waals surface area contributed by atoms with Crippen molar-refractivity contribution in [2.75, 3.05) is 18.4 Å². The van der Waals surface area contributed by atoms with Crippen LogP contribution in [0.15, 0.2) is 12.3 Å². The number of anilines is 1. The van der Waals surface area contributed by atoms with Gasteiger partial charge in [0.25, 0.3) is 0 Å². The average Bonchev–Trinajstić information content (AvgIpc) is 2.58. The minimum atomic E-state index is 0.600. The lowest BCUT2D eigenvalue weighted by atomic mass is 10.3. The Hall–Kier alpha value is -1.03. The van der Waals surface area contributed by atoms with Crippen LogP contribution in [0.4, 0.5) is 5.82 Å². The highest BCUT2D eigenvalue weighted by atomic mass is 15.3. The molecule has 1 rings (SSSR count). The van der Waals surface area contributed by atoms with Crippen LogP contribution < -0.4 is 10.6 Å². The molecule has 1 atom stereocenters. The van der Waals surface area contributed by atoms with Gasteiger partial charge < -0.3 is 10.6 Å². The number of rotatable bonds is 6. The summed E-state index contributed by atoms with van der Waals surface area (Å²) in [5.74, 6) is 1.07. The molecule has 2 N–H and O–H groups in total. The SMILES string of the molecule is CCC(C)NCCNc1ccnn1C. The molecular weight excluding hydrogens is 176 g/mol. The van der Waals surface area contributed by atoms with Gasteiger partial charge in [0.2, 0.25) is 0 Å². The Morgan fingerprint density at radius 3 is 2.86 bits per heavy atom. The van der Waals surface area contributed by atoms with E-state index in [2.05, 4.69) is 29.6 Å². The summed E-state index contributed by atoms with van der Waals surface area (Å²) in [6.45, 7) is 6.31. The summed E-state index contributed by atoms with van der Waals surface area (Å²) >= 11 is 0. The number of nitrogens with one attached hydrogen (secondary N) is 2. The molecule has 1 aromatic heterocycles.